The lowest BCUT2D eigenvalue weighted by molar-refractivity contribution is -0.136. The van der Waals surface area contributed by atoms with Crippen molar-refractivity contribution < 1.29 is 14.0 Å². The first-order valence-electron chi connectivity index (χ1n) is 9.41. The number of carbonyl (C=O) groups is 2. The number of benzene rings is 1. The topological polar surface area (TPSA) is 69.6 Å². The molecule has 28 heavy (non-hydrogen) atoms. The lowest BCUT2D eigenvalue weighted by Gasteiger charge is -2.36. The molecule has 2 aliphatic heterocycles. The van der Waals surface area contributed by atoms with Gasteiger partial charge in [0.15, 0.2) is 5.82 Å². The fourth-order valence-corrected chi connectivity index (χ4v) is 3.80. The van der Waals surface area contributed by atoms with Gasteiger partial charge in [0.25, 0.3) is 0 Å². The molecular weight excluding hydrogens is 361 g/mol. The van der Waals surface area contributed by atoms with Crippen molar-refractivity contribution in [1.29, 1.82) is 0 Å². The fraction of sp³-hybridized carbons (Fsp3) is 0.400. The van der Waals surface area contributed by atoms with Gasteiger partial charge in [0.2, 0.25) is 11.8 Å². The molecule has 4 rings (SSSR count). The lowest BCUT2D eigenvalue weighted by Crippen LogP contribution is -2.51. The number of halogens is 1. The minimum absolute atomic E-state index is 0.00785. The van der Waals surface area contributed by atoms with E-state index in [1.54, 1.807) is 30.2 Å². The summed E-state index contributed by atoms with van der Waals surface area (Å²) < 4.78 is 13.5. The van der Waals surface area contributed by atoms with Crippen molar-refractivity contribution in [3.05, 3.63) is 47.9 Å². The van der Waals surface area contributed by atoms with E-state index in [2.05, 4.69) is 15.1 Å². The molecular formula is C20H22FN5O2. The third kappa shape index (κ3) is 3.54. The molecule has 8 heteroatoms. The highest BCUT2D eigenvalue weighted by Gasteiger charge is 2.38. The number of piperazine rings is 1. The maximum Gasteiger partial charge on any atom is 0.228 e. The van der Waals surface area contributed by atoms with Crippen LogP contribution in [0.2, 0.25) is 0 Å². The fourth-order valence-electron chi connectivity index (χ4n) is 3.80. The molecule has 0 N–H and O–H groups in total. The molecule has 1 atom stereocenters. The summed E-state index contributed by atoms with van der Waals surface area (Å²) in [6.07, 6.45) is 1.83. The summed E-state index contributed by atoms with van der Waals surface area (Å²) in [4.78, 5) is 30.9. The average Bonchev–Trinajstić information content (AvgIpc) is 3.12. The summed E-state index contributed by atoms with van der Waals surface area (Å²) in [6, 6.07) is 8.35. The van der Waals surface area contributed by atoms with Crippen molar-refractivity contribution in [2.75, 3.05) is 42.5 Å². The predicted octanol–water partition coefficient (Wildman–Crippen LogP) is 1.63. The summed E-state index contributed by atoms with van der Waals surface area (Å²) in [6.45, 7) is 4.56. The Hall–Kier alpha value is -3.03. The maximum atomic E-state index is 13.5. The van der Waals surface area contributed by atoms with Gasteiger partial charge in [0.05, 0.1) is 5.92 Å². The van der Waals surface area contributed by atoms with Gasteiger partial charge < -0.3 is 14.7 Å². The summed E-state index contributed by atoms with van der Waals surface area (Å²) >= 11 is 0. The maximum absolute atomic E-state index is 13.5. The van der Waals surface area contributed by atoms with Crippen LogP contribution in [-0.2, 0) is 9.59 Å². The Kier molecular flexibility index (Phi) is 4.93. The highest BCUT2D eigenvalue weighted by molar-refractivity contribution is 6.00. The van der Waals surface area contributed by atoms with Crippen LogP contribution in [-0.4, -0.2) is 59.6 Å². The lowest BCUT2D eigenvalue weighted by atomic mass is 10.1. The first-order chi connectivity index (χ1) is 13.5. The third-order valence-corrected chi connectivity index (χ3v) is 5.40. The molecule has 2 saturated heterocycles. The molecule has 1 aromatic carbocycles. The zero-order chi connectivity index (χ0) is 19.7. The Morgan fingerprint density at radius 1 is 1.18 bits per heavy atom. The molecule has 2 aliphatic rings. The van der Waals surface area contributed by atoms with Crippen molar-refractivity contribution in [2.24, 2.45) is 5.92 Å². The molecule has 0 aliphatic carbocycles. The number of aromatic nitrogens is 2. The first kappa shape index (κ1) is 18.3. The number of aryl methyl sites for hydroxylation is 1. The minimum Gasteiger partial charge on any atom is -0.352 e. The van der Waals surface area contributed by atoms with Gasteiger partial charge in [-0.1, -0.05) is 0 Å². The van der Waals surface area contributed by atoms with E-state index in [0.29, 0.717) is 44.0 Å². The van der Waals surface area contributed by atoms with Gasteiger partial charge in [-0.05, 0) is 42.8 Å². The number of rotatable bonds is 3. The monoisotopic (exact) mass is 383 g/mol. The Bertz CT molecular complexity index is 883. The molecule has 1 aromatic heterocycles. The van der Waals surface area contributed by atoms with Gasteiger partial charge in [-0.2, -0.15) is 5.10 Å². The van der Waals surface area contributed by atoms with Crippen molar-refractivity contribution in [2.45, 2.75) is 13.3 Å². The molecule has 0 saturated carbocycles. The van der Waals surface area contributed by atoms with Gasteiger partial charge in [-0.15, -0.1) is 5.10 Å². The molecule has 2 amide bonds. The van der Waals surface area contributed by atoms with Crippen molar-refractivity contribution >= 4 is 23.3 Å². The van der Waals surface area contributed by atoms with E-state index in [9.17, 15) is 14.0 Å². The number of carbonyl (C=O) groups excluding carboxylic acids is 2. The third-order valence-electron chi connectivity index (χ3n) is 5.40. The Labute approximate surface area is 162 Å². The number of anilines is 2. The SMILES string of the molecule is Cc1cc(N2CC(C(=O)N3CCN(c4cccnn4)CC3)CC2=O)ccc1F. The standard InChI is InChI=1S/C20H22FN5O2/c1-14-11-16(4-5-17(14)21)26-13-15(12-19(26)27)20(28)25-9-7-24(8-10-25)18-3-2-6-22-23-18/h2-6,11,15H,7-10,12-13H2,1H3. The molecule has 0 radical (unpaired) electrons. The van der Waals surface area contributed by atoms with Crippen LogP contribution in [0.5, 0.6) is 0 Å². The van der Waals surface area contributed by atoms with Gasteiger partial charge in [-0.3, -0.25) is 9.59 Å². The van der Waals surface area contributed by atoms with Crippen LogP contribution in [0.25, 0.3) is 0 Å². The molecule has 3 heterocycles. The summed E-state index contributed by atoms with van der Waals surface area (Å²) in [5.74, 6) is 0.0597. The van der Waals surface area contributed by atoms with Crippen molar-refractivity contribution in [1.82, 2.24) is 15.1 Å². The Balaban J connectivity index is 1.38. The second-order valence-electron chi connectivity index (χ2n) is 7.23. The molecule has 0 bridgehead atoms. The van der Waals surface area contributed by atoms with E-state index in [-0.39, 0.29) is 30.0 Å². The van der Waals surface area contributed by atoms with Crippen molar-refractivity contribution in [3.8, 4) is 0 Å². The largest absolute Gasteiger partial charge is 0.352 e. The van der Waals surface area contributed by atoms with Gasteiger partial charge in [-0.25, -0.2) is 4.39 Å². The van der Waals surface area contributed by atoms with Crippen LogP contribution in [0.15, 0.2) is 36.5 Å². The van der Waals surface area contributed by atoms with Crippen LogP contribution >= 0.6 is 0 Å². The van der Waals surface area contributed by atoms with Crippen LogP contribution in [0, 0.1) is 18.7 Å². The average molecular weight is 383 g/mol. The van der Waals surface area contributed by atoms with E-state index in [1.165, 1.54) is 6.07 Å². The van der Waals surface area contributed by atoms with E-state index in [0.717, 1.165) is 5.82 Å². The predicted molar refractivity (Wildman–Crippen MR) is 102 cm³/mol. The molecule has 1 unspecified atom stereocenters. The molecule has 0 spiro atoms. The smallest absolute Gasteiger partial charge is 0.228 e. The second kappa shape index (κ2) is 7.53. The second-order valence-corrected chi connectivity index (χ2v) is 7.23. The van der Waals surface area contributed by atoms with Crippen LogP contribution in [0.1, 0.15) is 12.0 Å². The van der Waals surface area contributed by atoms with E-state index in [4.69, 9.17) is 0 Å². The zero-order valence-electron chi connectivity index (χ0n) is 15.7. The minimum atomic E-state index is -0.360. The van der Waals surface area contributed by atoms with Crippen LogP contribution in [0.3, 0.4) is 0 Å². The highest BCUT2D eigenvalue weighted by Crippen LogP contribution is 2.28. The van der Waals surface area contributed by atoms with Crippen LogP contribution < -0.4 is 9.80 Å². The highest BCUT2D eigenvalue weighted by atomic mass is 19.1. The zero-order valence-corrected chi connectivity index (χ0v) is 15.7. The van der Waals surface area contributed by atoms with E-state index >= 15 is 0 Å². The number of amides is 2. The Morgan fingerprint density at radius 2 is 1.96 bits per heavy atom. The van der Waals surface area contributed by atoms with E-state index < -0.39 is 0 Å². The number of hydrogen-bond acceptors (Lipinski definition) is 5. The summed E-state index contributed by atoms with van der Waals surface area (Å²) in [7, 11) is 0. The normalized spacial score (nSPS) is 20.0. The summed E-state index contributed by atoms with van der Waals surface area (Å²) in [5.41, 5.74) is 1.13. The number of nitrogens with zero attached hydrogens (tertiary/aromatic N) is 5. The molecule has 146 valence electrons. The molecule has 7 nitrogen and oxygen atoms in total. The van der Waals surface area contributed by atoms with Gasteiger partial charge in [0.1, 0.15) is 5.82 Å². The molecule has 2 aromatic rings. The summed E-state index contributed by atoms with van der Waals surface area (Å²) in [5, 5.41) is 8.01. The quantitative estimate of drug-likeness (QED) is 0.806. The number of hydrogen-bond donors (Lipinski definition) is 0. The van der Waals surface area contributed by atoms with Crippen molar-refractivity contribution in [3.63, 3.8) is 0 Å². The van der Waals surface area contributed by atoms with Gasteiger partial charge in [0, 0.05) is 51.0 Å². The first-order valence-corrected chi connectivity index (χ1v) is 9.41. The van der Waals surface area contributed by atoms with Gasteiger partial charge >= 0.3 is 0 Å². The van der Waals surface area contributed by atoms with E-state index in [1.807, 2.05) is 17.0 Å². The molecule has 2 fully saturated rings. The Morgan fingerprint density at radius 3 is 2.64 bits per heavy atom. The van der Waals surface area contributed by atoms with Crippen LogP contribution in [0.4, 0.5) is 15.9 Å².